The molecule has 0 N–H and O–H groups in total. The summed E-state index contributed by atoms with van der Waals surface area (Å²) in [6.45, 7) is 3.96. The first-order chi connectivity index (χ1) is 5.68. The van der Waals surface area contributed by atoms with Crippen molar-refractivity contribution in [3.8, 4) is 0 Å². The molecule has 0 aromatic carbocycles. The number of nitrogens with zero attached hydrogens (tertiary/aromatic N) is 3. The van der Waals surface area contributed by atoms with Crippen molar-refractivity contribution in [2.75, 3.05) is 0 Å². The second-order valence-corrected chi connectivity index (χ2v) is 3.70. The van der Waals surface area contributed by atoms with Crippen molar-refractivity contribution in [3.63, 3.8) is 0 Å². The number of aryl methyl sites for hydroxylation is 2. The Balaban J connectivity index is 2.92. The standard InChI is InChI=1S/C8H8BrN3/c1-5-3-7(9)4-12-6(2)10-11-8(5)12/h3-4H,1-2H3. The van der Waals surface area contributed by atoms with Crippen LogP contribution in [0.25, 0.3) is 5.65 Å². The third kappa shape index (κ3) is 1.03. The van der Waals surface area contributed by atoms with E-state index in [2.05, 4.69) is 26.1 Å². The number of hydrogen-bond donors (Lipinski definition) is 0. The fraction of sp³-hybridized carbons (Fsp3) is 0.250. The van der Waals surface area contributed by atoms with Crippen molar-refractivity contribution < 1.29 is 0 Å². The molecule has 0 saturated heterocycles. The van der Waals surface area contributed by atoms with E-state index in [-0.39, 0.29) is 0 Å². The van der Waals surface area contributed by atoms with Crippen LogP contribution in [-0.2, 0) is 0 Å². The van der Waals surface area contributed by atoms with Gasteiger partial charge in [-0.25, -0.2) is 0 Å². The van der Waals surface area contributed by atoms with Crippen molar-refractivity contribution in [2.45, 2.75) is 13.8 Å². The van der Waals surface area contributed by atoms with Gasteiger partial charge in [-0.2, -0.15) is 0 Å². The normalized spacial score (nSPS) is 10.9. The van der Waals surface area contributed by atoms with Gasteiger partial charge in [0.2, 0.25) is 0 Å². The molecule has 0 saturated carbocycles. The summed E-state index contributed by atoms with van der Waals surface area (Å²) in [5.41, 5.74) is 2.06. The highest BCUT2D eigenvalue weighted by molar-refractivity contribution is 9.10. The molecular weight excluding hydrogens is 218 g/mol. The molecule has 2 rings (SSSR count). The summed E-state index contributed by atoms with van der Waals surface area (Å²) >= 11 is 3.43. The fourth-order valence-electron chi connectivity index (χ4n) is 1.22. The Morgan fingerprint density at radius 3 is 2.83 bits per heavy atom. The van der Waals surface area contributed by atoms with Gasteiger partial charge in [0.15, 0.2) is 5.65 Å². The molecule has 2 aromatic heterocycles. The van der Waals surface area contributed by atoms with Crippen molar-refractivity contribution >= 4 is 21.6 Å². The average molecular weight is 226 g/mol. The quantitative estimate of drug-likeness (QED) is 0.688. The maximum Gasteiger partial charge on any atom is 0.163 e. The van der Waals surface area contributed by atoms with Crippen molar-refractivity contribution in [1.29, 1.82) is 0 Å². The Labute approximate surface area is 78.6 Å². The van der Waals surface area contributed by atoms with Gasteiger partial charge in [-0.05, 0) is 41.4 Å². The van der Waals surface area contributed by atoms with Gasteiger partial charge in [0.1, 0.15) is 5.82 Å². The van der Waals surface area contributed by atoms with Crippen LogP contribution < -0.4 is 0 Å². The first kappa shape index (κ1) is 7.73. The van der Waals surface area contributed by atoms with Crippen LogP contribution in [0, 0.1) is 13.8 Å². The maximum absolute atomic E-state index is 4.05. The van der Waals surface area contributed by atoms with Crippen LogP contribution in [-0.4, -0.2) is 14.6 Å². The Hall–Kier alpha value is -0.900. The summed E-state index contributed by atoms with van der Waals surface area (Å²) in [5, 5.41) is 8.04. The highest BCUT2D eigenvalue weighted by atomic mass is 79.9. The van der Waals surface area contributed by atoms with E-state index in [1.165, 1.54) is 0 Å². The number of pyridine rings is 1. The van der Waals surface area contributed by atoms with Crippen LogP contribution in [0.1, 0.15) is 11.4 Å². The second kappa shape index (κ2) is 2.55. The number of aromatic nitrogens is 3. The van der Waals surface area contributed by atoms with E-state index in [1.807, 2.05) is 30.5 Å². The number of hydrogen-bond acceptors (Lipinski definition) is 2. The topological polar surface area (TPSA) is 30.2 Å². The first-order valence-electron chi connectivity index (χ1n) is 3.66. The molecule has 0 atom stereocenters. The Morgan fingerprint density at radius 2 is 2.08 bits per heavy atom. The highest BCUT2D eigenvalue weighted by Crippen LogP contribution is 2.16. The summed E-state index contributed by atoms with van der Waals surface area (Å²) in [5.74, 6) is 0.911. The van der Waals surface area contributed by atoms with Gasteiger partial charge in [-0.3, -0.25) is 4.40 Å². The third-order valence-electron chi connectivity index (χ3n) is 1.83. The monoisotopic (exact) mass is 225 g/mol. The van der Waals surface area contributed by atoms with Gasteiger partial charge in [0, 0.05) is 10.7 Å². The van der Waals surface area contributed by atoms with Crippen LogP contribution >= 0.6 is 15.9 Å². The van der Waals surface area contributed by atoms with Gasteiger partial charge < -0.3 is 0 Å². The first-order valence-corrected chi connectivity index (χ1v) is 4.45. The lowest BCUT2D eigenvalue weighted by molar-refractivity contribution is 1.00. The molecule has 0 fully saturated rings. The van der Waals surface area contributed by atoms with E-state index < -0.39 is 0 Å². The average Bonchev–Trinajstić information content (AvgIpc) is 2.33. The molecule has 0 aliphatic rings. The molecule has 2 aromatic rings. The van der Waals surface area contributed by atoms with Gasteiger partial charge in [0.05, 0.1) is 0 Å². The summed E-state index contributed by atoms with van der Waals surface area (Å²) in [7, 11) is 0. The van der Waals surface area contributed by atoms with Crippen LogP contribution in [0.4, 0.5) is 0 Å². The Bertz CT molecular complexity index is 433. The lowest BCUT2D eigenvalue weighted by Crippen LogP contribution is -1.89. The second-order valence-electron chi connectivity index (χ2n) is 2.78. The largest absolute Gasteiger partial charge is 0.285 e. The van der Waals surface area contributed by atoms with E-state index in [4.69, 9.17) is 0 Å². The smallest absolute Gasteiger partial charge is 0.163 e. The summed E-state index contributed by atoms with van der Waals surface area (Å²) in [6, 6.07) is 2.03. The predicted molar refractivity (Wildman–Crippen MR) is 50.2 cm³/mol. The van der Waals surface area contributed by atoms with Crippen LogP contribution in [0.15, 0.2) is 16.7 Å². The summed E-state index contributed by atoms with van der Waals surface area (Å²) in [4.78, 5) is 0. The molecular formula is C8H8BrN3. The van der Waals surface area contributed by atoms with E-state index in [1.54, 1.807) is 0 Å². The summed E-state index contributed by atoms with van der Waals surface area (Å²) in [6.07, 6.45) is 1.97. The minimum atomic E-state index is 0.911. The minimum Gasteiger partial charge on any atom is -0.285 e. The maximum atomic E-state index is 4.05. The molecule has 12 heavy (non-hydrogen) atoms. The molecule has 0 unspecified atom stereocenters. The molecule has 62 valence electrons. The lowest BCUT2D eigenvalue weighted by Gasteiger charge is -1.98. The van der Waals surface area contributed by atoms with E-state index in [9.17, 15) is 0 Å². The van der Waals surface area contributed by atoms with Crippen molar-refractivity contribution in [1.82, 2.24) is 14.6 Å². The lowest BCUT2D eigenvalue weighted by atomic mass is 10.3. The van der Waals surface area contributed by atoms with Crippen LogP contribution in [0.3, 0.4) is 0 Å². The summed E-state index contributed by atoms with van der Waals surface area (Å²) < 4.78 is 3.02. The Morgan fingerprint density at radius 1 is 1.33 bits per heavy atom. The minimum absolute atomic E-state index is 0.911. The molecule has 0 bridgehead atoms. The SMILES string of the molecule is Cc1cc(Br)cn2c(C)nnc12. The van der Waals surface area contributed by atoms with Gasteiger partial charge in [-0.15, -0.1) is 10.2 Å². The molecule has 2 heterocycles. The molecule has 0 aliphatic carbocycles. The van der Waals surface area contributed by atoms with Crippen LogP contribution in [0.5, 0.6) is 0 Å². The van der Waals surface area contributed by atoms with Crippen LogP contribution in [0.2, 0.25) is 0 Å². The zero-order valence-electron chi connectivity index (χ0n) is 6.87. The molecule has 0 spiro atoms. The molecule has 0 aliphatic heterocycles. The molecule has 0 amide bonds. The van der Waals surface area contributed by atoms with E-state index in [0.717, 1.165) is 21.5 Å². The van der Waals surface area contributed by atoms with Gasteiger partial charge >= 0.3 is 0 Å². The fourth-order valence-corrected chi connectivity index (χ4v) is 1.77. The highest BCUT2D eigenvalue weighted by Gasteiger charge is 2.03. The number of halogens is 1. The molecule has 0 radical (unpaired) electrons. The van der Waals surface area contributed by atoms with Crippen molar-refractivity contribution in [3.05, 3.63) is 28.1 Å². The molecule has 4 heteroatoms. The van der Waals surface area contributed by atoms with Crippen molar-refractivity contribution in [2.24, 2.45) is 0 Å². The number of rotatable bonds is 0. The Kier molecular flexibility index (Phi) is 1.65. The van der Waals surface area contributed by atoms with Gasteiger partial charge in [-0.1, -0.05) is 0 Å². The molecule has 3 nitrogen and oxygen atoms in total. The zero-order valence-corrected chi connectivity index (χ0v) is 8.46. The van der Waals surface area contributed by atoms with E-state index in [0.29, 0.717) is 0 Å². The van der Waals surface area contributed by atoms with E-state index >= 15 is 0 Å². The third-order valence-corrected chi connectivity index (χ3v) is 2.26. The number of fused-ring (bicyclic) bond motifs is 1. The van der Waals surface area contributed by atoms with Gasteiger partial charge in [0.25, 0.3) is 0 Å². The zero-order chi connectivity index (χ0) is 8.72. The predicted octanol–water partition coefficient (Wildman–Crippen LogP) is 2.11.